The van der Waals surface area contributed by atoms with E-state index in [2.05, 4.69) is 15.5 Å². The molecular weight excluding hydrogens is 326 g/mol. The molecule has 21 heavy (non-hydrogen) atoms. The zero-order chi connectivity index (χ0) is 15.2. The van der Waals surface area contributed by atoms with Gasteiger partial charge in [0, 0.05) is 5.02 Å². The molecule has 0 aliphatic carbocycles. The highest BCUT2D eigenvalue weighted by Crippen LogP contribution is 2.23. The van der Waals surface area contributed by atoms with Crippen molar-refractivity contribution in [2.45, 2.75) is 30.6 Å². The number of thioether (sulfide) groups is 1. The molecule has 1 aromatic carbocycles. The van der Waals surface area contributed by atoms with E-state index < -0.39 is 0 Å². The van der Waals surface area contributed by atoms with Gasteiger partial charge in [0.25, 0.3) is 0 Å². The van der Waals surface area contributed by atoms with E-state index in [-0.39, 0.29) is 11.9 Å². The second-order valence-corrected chi connectivity index (χ2v) is 7.30. The molecule has 0 fully saturated rings. The highest BCUT2D eigenvalue weighted by atomic mass is 35.5. The minimum absolute atomic E-state index is 0.00495. The van der Waals surface area contributed by atoms with Gasteiger partial charge in [-0.3, -0.25) is 4.79 Å². The van der Waals surface area contributed by atoms with Crippen LogP contribution < -0.4 is 5.32 Å². The number of carbonyl (C=O) groups excluding carboxylic acids is 1. The Kier molecular flexibility index (Phi) is 6.02. The Morgan fingerprint density at radius 1 is 1.38 bits per heavy atom. The molecule has 2 aromatic rings. The van der Waals surface area contributed by atoms with Crippen LogP contribution in [0.1, 0.15) is 30.0 Å². The molecule has 112 valence electrons. The first kappa shape index (κ1) is 16.3. The van der Waals surface area contributed by atoms with Gasteiger partial charge in [-0.1, -0.05) is 53.8 Å². The molecule has 0 aliphatic rings. The van der Waals surface area contributed by atoms with Crippen LogP contribution in [0.4, 0.5) is 0 Å². The van der Waals surface area contributed by atoms with E-state index in [0.717, 1.165) is 21.3 Å². The Bertz CT molecular complexity index is 601. The van der Waals surface area contributed by atoms with E-state index in [1.54, 1.807) is 0 Å². The first-order chi connectivity index (χ1) is 10.1. The third kappa shape index (κ3) is 4.98. The van der Waals surface area contributed by atoms with E-state index in [1.807, 2.05) is 38.1 Å². The van der Waals surface area contributed by atoms with Gasteiger partial charge in [0.05, 0.1) is 11.8 Å². The van der Waals surface area contributed by atoms with Gasteiger partial charge in [-0.25, -0.2) is 0 Å². The van der Waals surface area contributed by atoms with Crippen LogP contribution in [-0.4, -0.2) is 21.9 Å². The van der Waals surface area contributed by atoms with Crippen LogP contribution in [0, 0.1) is 6.92 Å². The van der Waals surface area contributed by atoms with Crippen LogP contribution in [0.5, 0.6) is 0 Å². The number of halogens is 1. The lowest BCUT2D eigenvalue weighted by Crippen LogP contribution is -2.29. The molecule has 2 rings (SSSR count). The molecule has 7 heteroatoms. The third-order valence-corrected chi connectivity index (χ3v) is 5.07. The third-order valence-electron chi connectivity index (χ3n) is 2.85. The molecule has 1 aromatic heterocycles. The molecule has 1 atom stereocenters. The summed E-state index contributed by atoms with van der Waals surface area (Å²) in [7, 11) is 0. The van der Waals surface area contributed by atoms with Gasteiger partial charge in [0.2, 0.25) is 5.91 Å². The maximum absolute atomic E-state index is 12.0. The van der Waals surface area contributed by atoms with Gasteiger partial charge >= 0.3 is 0 Å². The number of aromatic nitrogens is 2. The maximum Gasteiger partial charge on any atom is 0.230 e. The summed E-state index contributed by atoms with van der Waals surface area (Å²) < 4.78 is 0.821. The van der Waals surface area contributed by atoms with Gasteiger partial charge in [-0.15, -0.1) is 10.2 Å². The predicted octanol–water partition coefficient (Wildman–Crippen LogP) is 3.86. The summed E-state index contributed by atoms with van der Waals surface area (Å²) in [4.78, 5) is 12.0. The molecule has 1 heterocycles. The summed E-state index contributed by atoms with van der Waals surface area (Å²) in [5.41, 5.74) is 1.06. The largest absolute Gasteiger partial charge is 0.349 e. The van der Waals surface area contributed by atoms with Crippen LogP contribution >= 0.6 is 34.7 Å². The summed E-state index contributed by atoms with van der Waals surface area (Å²) >= 11 is 8.79. The van der Waals surface area contributed by atoms with Gasteiger partial charge in [-0.05, 0) is 31.0 Å². The number of amides is 1. The molecule has 0 saturated carbocycles. The van der Waals surface area contributed by atoms with Crippen molar-refractivity contribution in [3.05, 3.63) is 39.9 Å². The van der Waals surface area contributed by atoms with Crippen molar-refractivity contribution in [3.8, 4) is 0 Å². The Hall–Kier alpha value is -1.11. The van der Waals surface area contributed by atoms with Crippen LogP contribution in [0.15, 0.2) is 28.6 Å². The fourth-order valence-electron chi connectivity index (χ4n) is 1.82. The van der Waals surface area contributed by atoms with E-state index in [0.29, 0.717) is 10.8 Å². The smallest absolute Gasteiger partial charge is 0.230 e. The Morgan fingerprint density at radius 2 is 2.10 bits per heavy atom. The molecule has 1 N–H and O–H groups in total. The molecule has 1 unspecified atom stereocenters. The second kappa shape index (κ2) is 7.77. The van der Waals surface area contributed by atoms with E-state index >= 15 is 0 Å². The highest BCUT2D eigenvalue weighted by molar-refractivity contribution is 8.01. The summed E-state index contributed by atoms with van der Waals surface area (Å²) in [5.74, 6) is 0.341. The second-order valence-electron chi connectivity index (χ2n) is 4.46. The summed E-state index contributed by atoms with van der Waals surface area (Å²) in [6, 6.07) is 7.57. The number of carbonyl (C=O) groups is 1. The fourth-order valence-corrected chi connectivity index (χ4v) is 3.57. The lowest BCUT2D eigenvalue weighted by molar-refractivity contribution is -0.119. The van der Waals surface area contributed by atoms with Crippen molar-refractivity contribution >= 4 is 40.6 Å². The minimum atomic E-state index is -0.00495. The van der Waals surface area contributed by atoms with Gasteiger partial charge in [-0.2, -0.15) is 0 Å². The van der Waals surface area contributed by atoms with E-state index in [4.69, 9.17) is 11.6 Å². The van der Waals surface area contributed by atoms with E-state index in [1.165, 1.54) is 23.1 Å². The number of nitrogens with one attached hydrogen (secondary N) is 1. The van der Waals surface area contributed by atoms with Crippen molar-refractivity contribution in [2.24, 2.45) is 0 Å². The van der Waals surface area contributed by atoms with Crippen molar-refractivity contribution in [1.82, 2.24) is 15.5 Å². The molecular formula is C14H16ClN3OS2. The summed E-state index contributed by atoms with van der Waals surface area (Å²) in [6.45, 7) is 3.94. The molecule has 0 spiro atoms. The van der Waals surface area contributed by atoms with Crippen LogP contribution in [0.25, 0.3) is 0 Å². The fraction of sp³-hybridized carbons (Fsp3) is 0.357. The first-order valence-electron chi connectivity index (χ1n) is 6.56. The molecule has 0 aliphatic heterocycles. The average molecular weight is 342 g/mol. The summed E-state index contributed by atoms with van der Waals surface area (Å²) in [6.07, 6.45) is 0.829. The lowest BCUT2D eigenvalue weighted by Gasteiger charge is -2.17. The Labute approximate surface area is 137 Å². The van der Waals surface area contributed by atoms with Crippen molar-refractivity contribution in [3.63, 3.8) is 0 Å². The molecule has 0 saturated heterocycles. The number of nitrogens with zero attached hydrogens (tertiary/aromatic N) is 2. The normalized spacial score (nSPS) is 12.1. The SMILES string of the molecule is CCC(NC(=O)CSc1nnc(C)s1)c1ccc(Cl)cc1. The molecule has 1 amide bonds. The first-order valence-corrected chi connectivity index (χ1v) is 8.74. The number of aryl methyl sites for hydroxylation is 1. The van der Waals surface area contributed by atoms with Crippen LogP contribution in [-0.2, 0) is 4.79 Å². The predicted molar refractivity (Wildman–Crippen MR) is 88.0 cm³/mol. The summed E-state index contributed by atoms with van der Waals surface area (Å²) in [5, 5.41) is 12.6. The van der Waals surface area contributed by atoms with Crippen LogP contribution in [0.2, 0.25) is 5.02 Å². The Balaban J connectivity index is 1.89. The standard InChI is InChI=1S/C14H16ClN3OS2/c1-3-12(10-4-6-11(15)7-5-10)16-13(19)8-20-14-18-17-9(2)21-14/h4-7,12H,3,8H2,1-2H3,(H,16,19). The zero-order valence-electron chi connectivity index (χ0n) is 11.8. The number of benzene rings is 1. The number of hydrogen-bond acceptors (Lipinski definition) is 5. The zero-order valence-corrected chi connectivity index (χ0v) is 14.2. The van der Waals surface area contributed by atoms with E-state index in [9.17, 15) is 4.79 Å². The lowest BCUT2D eigenvalue weighted by atomic mass is 10.0. The van der Waals surface area contributed by atoms with Crippen molar-refractivity contribution in [2.75, 3.05) is 5.75 Å². The topological polar surface area (TPSA) is 54.9 Å². The van der Waals surface area contributed by atoms with Gasteiger partial charge in [0.15, 0.2) is 4.34 Å². The maximum atomic E-state index is 12.0. The van der Waals surface area contributed by atoms with Crippen molar-refractivity contribution in [1.29, 1.82) is 0 Å². The average Bonchev–Trinajstić information content (AvgIpc) is 2.89. The number of hydrogen-bond donors (Lipinski definition) is 1. The number of rotatable bonds is 6. The molecule has 0 radical (unpaired) electrons. The highest BCUT2D eigenvalue weighted by Gasteiger charge is 2.13. The Morgan fingerprint density at radius 3 is 2.67 bits per heavy atom. The molecule has 4 nitrogen and oxygen atoms in total. The monoisotopic (exact) mass is 341 g/mol. The van der Waals surface area contributed by atoms with Gasteiger partial charge < -0.3 is 5.32 Å². The van der Waals surface area contributed by atoms with Gasteiger partial charge in [0.1, 0.15) is 5.01 Å². The van der Waals surface area contributed by atoms with Crippen LogP contribution in [0.3, 0.4) is 0 Å². The quantitative estimate of drug-likeness (QED) is 0.810. The molecule has 0 bridgehead atoms. The minimum Gasteiger partial charge on any atom is -0.349 e. The van der Waals surface area contributed by atoms with Crippen molar-refractivity contribution < 1.29 is 4.79 Å².